The Hall–Kier alpha value is -0.812. The van der Waals surface area contributed by atoms with E-state index in [4.69, 9.17) is 0 Å². The molecule has 2 heteroatoms. The molecule has 3 rings (SSSR count). The van der Waals surface area contributed by atoms with E-state index >= 15 is 0 Å². The molecule has 0 radical (unpaired) electrons. The second kappa shape index (κ2) is 4.94. The Kier molecular flexibility index (Phi) is 3.43. The molecule has 1 fully saturated rings. The van der Waals surface area contributed by atoms with Crippen molar-refractivity contribution in [2.75, 3.05) is 0 Å². The minimum atomic E-state index is -1.13. The average Bonchev–Trinajstić information content (AvgIpc) is 2.94. The fourth-order valence-electron chi connectivity index (χ4n) is 3.77. The van der Waals surface area contributed by atoms with Crippen LogP contribution < -0.4 is 4.35 Å². The van der Waals surface area contributed by atoms with Crippen molar-refractivity contribution in [2.24, 2.45) is 5.92 Å². The molecule has 1 saturated heterocycles. The predicted octanol–water partition coefficient (Wildman–Crippen LogP) is 3.48. The molecule has 0 aromatic heterocycles. The first kappa shape index (κ1) is 13.2. The van der Waals surface area contributed by atoms with Gasteiger partial charge < -0.3 is 0 Å². The van der Waals surface area contributed by atoms with Crippen LogP contribution in [-0.2, 0) is 4.79 Å². The van der Waals surface area contributed by atoms with Crippen LogP contribution in [0.1, 0.15) is 33.6 Å². The van der Waals surface area contributed by atoms with Crippen LogP contribution in [0.4, 0.5) is 0 Å². The first-order valence-electron chi connectivity index (χ1n) is 7.18. The summed E-state index contributed by atoms with van der Waals surface area (Å²) in [6.45, 7) is 6.59. The molecule has 19 heavy (non-hydrogen) atoms. The number of ketones is 1. The molecule has 2 heterocycles. The number of hydrogen-bond donors (Lipinski definition) is 0. The van der Waals surface area contributed by atoms with Gasteiger partial charge in [-0.25, -0.2) is 0 Å². The van der Waals surface area contributed by atoms with Crippen molar-refractivity contribution in [2.45, 2.75) is 43.0 Å². The Morgan fingerprint density at radius 1 is 1.21 bits per heavy atom. The Bertz CT molecular complexity index is 531. The van der Waals surface area contributed by atoms with Crippen molar-refractivity contribution in [3.63, 3.8) is 0 Å². The summed E-state index contributed by atoms with van der Waals surface area (Å²) in [4.78, 5) is 12.2. The van der Waals surface area contributed by atoms with E-state index in [1.54, 1.807) is 15.5 Å². The van der Waals surface area contributed by atoms with Gasteiger partial charge in [0.2, 0.25) is 0 Å². The number of carbonyl (C=O) groups excluding carboxylic acids is 1. The molecule has 2 aliphatic rings. The van der Waals surface area contributed by atoms with Crippen LogP contribution in [0.2, 0.25) is 9.41 Å². The van der Waals surface area contributed by atoms with Gasteiger partial charge in [-0.15, -0.1) is 0 Å². The summed E-state index contributed by atoms with van der Waals surface area (Å²) in [5.74, 6) is 0.827. The zero-order valence-corrected chi connectivity index (χ0v) is 13.8. The van der Waals surface area contributed by atoms with Crippen LogP contribution in [0.15, 0.2) is 41.5 Å². The zero-order valence-electron chi connectivity index (χ0n) is 11.9. The van der Waals surface area contributed by atoms with Gasteiger partial charge in [0.25, 0.3) is 0 Å². The van der Waals surface area contributed by atoms with Gasteiger partial charge in [0, 0.05) is 0 Å². The van der Waals surface area contributed by atoms with E-state index in [0.29, 0.717) is 22.8 Å². The van der Waals surface area contributed by atoms with Crippen molar-refractivity contribution in [3.8, 4) is 0 Å². The van der Waals surface area contributed by atoms with Crippen LogP contribution in [0, 0.1) is 5.92 Å². The van der Waals surface area contributed by atoms with Gasteiger partial charge in [0.1, 0.15) is 0 Å². The van der Waals surface area contributed by atoms with Gasteiger partial charge in [-0.2, -0.15) is 0 Å². The number of benzene rings is 1. The molecule has 0 N–H and O–H groups in total. The van der Waals surface area contributed by atoms with Crippen LogP contribution >= 0.6 is 0 Å². The van der Waals surface area contributed by atoms with Gasteiger partial charge in [0.05, 0.1) is 0 Å². The Labute approximate surface area is 120 Å². The fraction of sp³-hybridized carbons (Fsp3) is 0.471. The molecule has 0 aliphatic carbocycles. The zero-order chi connectivity index (χ0) is 13.6. The SMILES string of the molecule is CCC(=O)[C@H]1C[C@H]2C(C)=C(C)[C@@H]1[As]2c1ccccc1. The molecular weight excluding hydrogens is 295 g/mol. The van der Waals surface area contributed by atoms with E-state index in [1.807, 2.05) is 6.92 Å². The van der Waals surface area contributed by atoms with Crippen LogP contribution in [-0.4, -0.2) is 20.4 Å². The molecule has 1 aromatic carbocycles. The molecule has 1 nitrogen and oxygen atoms in total. The van der Waals surface area contributed by atoms with E-state index in [-0.39, 0.29) is 0 Å². The third-order valence-electron chi connectivity index (χ3n) is 4.88. The van der Waals surface area contributed by atoms with Crippen molar-refractivity contribution >= 4 is 24.8 Å². The summed E-state index contributed by atoms with van der Waals surface area (Å²) in [7, 11) is 0. The average molecular weight is 316 g/mol. The summed E-state index contributed by atoms with van der Waals surface area (Å²) in [5.41, 5.74) is 3.15. The Morgan fingerprint density at radius 3 is 2.53 bits per heavy atom. The number of fused-ring (bicyclic) bond motifs is 2. The molecule has 0 saturated carbocycles. The number of allylic oxidation sites excluding steroid dienone is 2. The first-order valence-corrected chi connectivity index (χ1v) is 10.3. The van der Waals surface area contributed by atoms with Crippen LogP contribution in [0.25, 0.3) is 0 Å². The van der Waals surface area contributed by atoms with Gasteiger partial charge in [-0.1, -0.05) is 0 Å². The fourth-order valence-corrected chi connectivity index (χ4v) is 12.1. The summed E-state index contributed by atoms with van der Waals surface area (Å²) in [6, 6.07) is 11.0. The molecule has 1 unspecified atom stereocenters. The van der Waals surface area contributed by atoms with Gasteiger partial charge >= 0.3 is 120 Å². The maximum absolute atomic E-state index is 12.2. The monoisotopic (exact) mass is 316 g/mol. The number of rotatable bonds is 3. The molecule has 2 aliphatic heterocycles. The van der Waals surface area contributed by atoms with Crippen molar-refractivity contribution < 1.29 is 4.79 Å². The summed E-state index contributed by atoms with van der Waals surface area (Å²) in [6.07, 6.45) is 1.84. The Balaban J connectivity index is 1.99. The van der Waals surface area contributed by atoms with E-state index in [0.717, 1.165) is 11.1 Å². The topological polar surface area (TPSA) is 17.1 Å². The first-order chi connectivity index (χ1) is 9.15. The van der Waals surface area contributed by atoms with Crippen LogP contribution in [0.3, 0.4) is 0 Å². The summed E-state index contributed by atoms with van der Waals surface area (Å²) in [5, 5.41) is 0. The third kappa shape index (κ3) is 1.94. The molecule has 0 amide bonds. The van der Waals surface area contributed by atoms with Gasteiger partial charge in [-0.3, -0.25) is 0 Å². The second-order valence-electron chi connectivity index (χ2n) is 5.73. The van der Waals surface area contributed by atoms with Gasteiger partial charge in [-0.05, 0) is 0 Å². The maximum atomic E-state index is 12.2. The van der Waals surface area contributed by atoms with E-state index in [1.165, 1.54) is 0 Å². The third-order valence-corrected chi connectivity index (χ3v) is 12.2. The molecule has 100 valence electrons. The van der Waals surface area contributed by atoms with Gasteiger partial charge in [0.15, 0.2) is 0 Å². The minimum absolute atomic E-state index is 0.332. The number of hydrogen-bond acceptors (Lipinski definition) is 1. The second-order valence-corrected chi connectivity index (χ2v) is 11.0. The van der Waals surface area contributed by atoms with Crippen molar-refractivity contribution in [1.82, 2.24) is 0 Å². The molecule has 1 aromatic rings. The number of Topliss-reactive ketones (excluding diaryl/α,β-unsaturated/α-hetero) is 1. The van der Waals surface area contributed by atoms with Crippen molar-refractivity contribution in [1.29, 1.82) is 0 Å². The summed E-state index contributed by atoms with van der Waals surface area (Å²) < 4.78 is 2.90. The van der Waals surface area contributed by atoms with E-state index < -0.39 is 14.7 Å². The molecule has 0 spiro atoms. The standard InChI is InChI=1S/C17H21AsO/c1-4-16(19)14-10-15-11(2)12(3)17(14)18(15)13-8-6-5-7-9-13/h5-9,14-15,17H,4,10H2,1-3H3/t14-,15+,17+,18?/m1/s1. The normalized spacial score (nSPS) is 33.0. The predicted molar refractivity (Wildman–Crippen MR) is 81.1 cm³/mol. The molecule has 2 bridgehead atoms. The molecular formula is C17H21AsO. The number of carbonyl (C=O) groups is 1. The summed E-state index contributed by atoms with van der Waals surface area (Å²) >= 11 is -1.13. The van der Waals surface area contributed by atoms with Crippen molar-refractivity contribution in [3.05, 3.63) is 41.5 Å². The van der Waals surface area contributed by atoms with E-state index in [9.17, 15) is 4.79 Å². The van der Waals surface area contributed by atoms with E-state index in [2.05, 4.69) is 44.2 Å². The molecule has 4 atom stereocenters. The Morgan fingerprint density at radius 2 is 1.89 bits per heavy atom. The quantitative estimate of drug-likeness (QED) is 0.616. The van der Waals surface area contributed by atoms with Crippen LogP contribution in [0.5, 0.6) is 0 Å².